The lowest BCUT2D eigenvalue weighted by Gasteiger charge is -2.05. The Morgan fingerprint density at radius 2 is 2.17 bits per heavy atom. The average Bonchev–Trinajstić information content (AvgIpc) is 3.19. The Morgan fingerprint density at radius 1 is 1.38 bits per heavy atom. The van der Waals surface area contributed by atoms with Crippen molar-refractivity contribution in [1.29, 1.82) is 0 Å². The second kappa shape index (κ2) is 6.88. The molecule has 1 N–H and O–H groups in total. The van der Waals surface area contributed by atoms with Gasteiger partial charge < -0.3 is 9.73 Å². The van der Waals surface area contributed by atoms with Gasteiger partial charge in [0, 0.05) is 12.1 Å². The quantitative estimate of drug-likeness (QED) is 0.770. The largest absolute Gasteiger partial charge is 0.444 e. The van der Waals surface area contributed by atoms with Crippen molar-refractivity contribution in [3.8, 4) is 5.69 Å². The SMILES string of the molecule is CCc1ncc(CNC(=O)c2cc(C)n(-c3ccccc3Cl)n2)o1. The van der Waals surface area contributed by atoms with Crippen molar-refractivity contribution in [3.05, 3.63) is 64.6 Å². The Morgan fingerprint density at radius 3 is 2.88 bits per heavy atom. The van der Waals surface area contributed by atoms with Gasteiger partial charge in [-0.1, -0.05) is 30.7 Å². The lowest BCUT2D eigenvalue weighted by atomic mass is 10.3. The molecule has 24 heavy (non-hydrogen) atoms. The number of amides is 1. The van der Waals surface area contributed by atoms with Gasteiger partial charge in [-0.3, -0.25) is 4.79 Å². The van der Waals surface area contributed by atoms with Crippen LogP contribution in [0.3, 0.4) is 0 Å². The number of benzene rings is 1. The topological polar surface area (TPSA) is 73.0 Å². The highest BCUT2D eigenvalue weighted by Crippen LogP contribution is 2.21. The fourth-order valence-corrected chi connectivity index (χ4v) is 2.52. The van der Waals surface area contributed by atoms with Gasteiger partial charge in [-0.25, -0.2) is 9.67 Å². The van der Waals surface area contributed by atoms with E-state index in [9.17, 15) is 4.79 Å². The van der Waals surface area contributed by atoms with E-state index in [2.05, 4.69) is 15.4 Å². The van der Waals surface area contributed by atoms with Crippen LogP contribution >= 0.6 is 11.6 Å². The third kappa shape index (κ3) is 3.33. The number of rotatable bonds is 5. The van der Waals surface area contributed by atoms with Gasteiger partial charge in [0.25, 0.3) is 5.91 Å². The first-order valence-electron chi connectivity index (χ1n) is 7.62. The molecule has 2 heterocycles. The number of hydrogen-bond donors (Lipinski definition) is 1. The van der Waals surface area contributed by atoms with E-state index in [-0.39, 0.29) is 12.5 Å². The molecule has 0 spiro atoms. The average molecular weight is 345 g/mol. The molecular weight excluding hydrogens is 328 g/mol. The highest BCUT2D eigenvalue weighted by molar-refractivity contribution is 6.32. The standard InChI is InChI=1S/C17H17ClN4O2/c1-3-16-19-9-12(24-16)10-20-17(23)14-8-11(2)22(21-14)15-7-5-4-6-13(15)18/h4-9H,3,10H2,1-2H3,(H,20,23). The molecule has 0 atom stereocenters. The molecule has 0 bridgehead atoms. The molecule has 0 saturated carbocycles. The van der Waals surface area contributed by atoms with Crippen LogP contribution in [0.15, 0.2) is 40.9 Å². The predicted octanol–water partition coefficient (Wildman–Crippen LogP) is 3.31. The number of aromatic nitrogens is 3. The van der Waals surface area contributed by atoms with Crippen LogP contribution in [0.5, 0.6) is 0 Å². The molecule has 1 amide bonds. The molecule has 124 valence electrons. The van der Waals surface area contributed by atoms with Gasteiger partial charge in [0.05, 0.1) is 23.5 Å². The van der Waals surface area contributed by atoms with Crippen molar-refractivity contribution in [2.45, 2.75) is 26.8 Å². The maximum Gasteiger partial charge on any atom is 0.272 e. The van der Waals surface area contributed by atoms with E-state index in [0.717, 1.165) is 17.8 Å². The molecule has 0 unspecified atom stereocenters. The number of carbonyl (C=O) groups is 1. The molecule has 2 aromatic heterocycles. The Hall–Kier alpha value is -2.60. The molecule has 0 aliphatic carbocycles. The number of para-hydroxylation sites is 1. The molecule has 3 rings (SSSR count). The number of oxazole rings is 1. The van der Waals surface area contributed by atoms with Crippen LogP contribution in [0.25, 0.3) is 5.69 Å². The zero-order valence-corrected chi connectivity index (χ0v) is 14.2. The van der Waals surface area contributed by atoms with Crippen LogP contribution in [0.2, 0.25) is 5.02 Å². The summed E-state index contributed by atoms with van der Waals surface area (Å²) in [6.07, 6.45) is 2.34. The van der Waals surface area contributed by atoms with Gasteiger partial charge in [0.15, 0.2) is 11.6 Å². The number of nitrogens with zero attached hydrogens (tertiary/aromatic N) is 3. The first kappa shape index (κ1) is 16.3. The van der Waals surface area contributed by atoms with E-state index in [4.69, 9.17) is 16.0 Å². The first-order valence-corrected chi connectivity index (χ1v) is 7.99. The molecular formula is C17H17ClN4O2. The van der Waals surface area contributed by atoms with E-state index < -0.39 is 0 Å². The maximum atomic E-state index is 12.3. The van der Waals surface area contributed by atoms with E-state index in [0.29, 0.717) is 22.4 Å². The number of aryl methyl sites for hydroxylation is 2. The summed E-state index contributed by atoms with van der Waals surface area (Å²) >= 11 is 6.20. The van der Waals surface area contributed by atoms with Crippen LogP contribution in [-0.2, 0) is 13.0 Å². The van der Waals surface area contributed by atoms with Gasteiger partial charge >= 0.3 is 0 Å². The summed E-state index contributed by atoms with van der Waals surface area (Å²) in [5.74, 6) is 0.985. The van der Waals surface area contributed by atoms with Crippen LogP contribution in [0, 0.1) is 6.92 Å². The van der Waals surface area contributed by atoms with Gasteiger partial charge in [-0.05, 0) is 25.1 Å². The molecule has 7 heteroatoms. The second-order valence-electron chi connectivity index (χ2n) is 5.29. The molecule has 0 fully saturated rings. The lowest BCUT2D eigenvalue weighted by Crippen LogP contribution is -2.23. The number of nitrogens with one attached hydrogen (secondary N) is 1. The van der Waals surface area contributed by atoms with E-state index >= 15 is 0 Å². The minimum atomic E-state index is -0.279. The van der Waals surface area contributed by atoms with Crippen molar-refractivity contribution in [3.63, 3.8) is 0 Å². The summed E-state index contributed by atoms with van der Waals surface area (Å²) in [6.45, 7) is 4.10. The molecule has 6 nitrogen and oxygen atoms in total. The van der Waals surface area contributed by atoms with Crippen LogP contribution < -0.4 is 5.32 Å². The number of halogens is 1. The minimum absolute atomic E-state index is 0.268. The Labute approximate surface area is 144 Å². The van der Waals surface area contributed by atoms with E-state index in [1.165, 1.54) is 0 Å². The Bertz CT molecular complexity index is 869. The van der Waals surface area contributed by atoms with Crippen LogP contribution in [-0.4, -0.2) is 20.7 Å². The van der Waals surface area contributed by atoms with Crippen molar-refractivity contribution in [2.24, 2.45) is 0 Å². The summed E-state index contributed by atoms with van der Waals surface area (Å²) < 4.78 is 7.12. The Kier molecular flexibility index (Phi) is 4.66. The predicted molar refractivity (Wildman–Crippen MR) is 90.4 cm³/mol. The summed E-state index contributed by atoms with van der Waals surface area (Å²) in [6, 6.07) is 9.08. The van der Waals surface area contributed by atoms with E-state index in [1.54, 1.807) is 23.0 Å². The van der Waals surface area contributed by atoms with E-state index in [1.807, 2.05) is 32.0 Å². The smallest absolute Gasteiger partial charge is 0.272 e. The third-order valence-electron chi connectivity index (χ3n) is 3.53. The zero-order chi connectivity index (χ0) is 17.1. The molecule has 0 radical (unpaired) electrons. The monoisotopic (exact) mass is 344 g/mol. The molecule has 0 aliphatic rings. The van der Waals surface area contributed by atoms with Crippen molar-refractivity contribution >= 4 is 17.5 Å². The van der Waals surface area contributed by atoms with Crippen molar-refractivity contribution < 1.29 is 9.21 Å². The number of hydrogen-bond acceptors (Lipinski definition) is 4. The highest BCUT2D eigenvalue weighted by atomic mass is 35.5. The van der Waals surface area contributed by atoms with Gasteiger partial charge in [-0.15, -0.1) is 0 Å². The highest BCUT2D eigenvalue weighted by Gasteiger charge is 2.15. The summed E-state index contributed by atoms with van der Waals surface area (Å²) in [5, 5.41) is 7.70. The molecule has 3 aromatic rings. The number of carbonyl (C=O) groups excluding carboxylic acids is 1. The maximum absolute atomic E-state index is 12.3. The van der Waals surface area contributed by atoms with Crippen LogP contribution in [0.1, 0.15) is 34.8 Å². The minimum Gasteiger partial charge on any atom is -0.444 e. The Balaban J connectivity index is 1.74. The summed E-state index contributed by atoms with van der Waals surface area (Å²) in [5.41, 5.74) is 1.88. The van der Waals surface area contributed by atoms with Gasteiger partial charge in [-0.2, -0.15) is 5.10 Å². The summed E-state index contributed by atoms with van der Waals surface area (Å²) in [4.78, 5) is 16.4. The van der Waals surface area contributed by atoms with Crippen molar-refractivity contribution in [1.82, 2.24) is 20.1 Å². The third-order valence-corrected chi connectivity index (χ3v) is 3.85. The fraction of sp³-hybridized carbons (Fsp3) is 0.235. The molecule has 1 aromatic carbocycles. The van der Waals surface area contributed by atoms with Crippen LogP contribution in [0.4, 0.5) is 0 Å². The summed E-state index contributed by atoms with van der Waals surface area (Å²) in [7, 11) is 0. The second-order valence-corrected chi connectivity index (χ2v) is 5.70. The normalized spacial score (nSPS) is 10.8. The molecule has 0 saturated heterocycles. The van der Waals surface area contributed by atoms with Gasteiger partial charge in [0.1, 0.15) is 5.76 Å². The first-order chi connectivity index (χ1) is 11.6. The van der Waals surface area contributed by atoms with Crippen molar-refractivity contribution in [2.75, 3.05) is 0 Å². The molecule has 0 aliphatic heterocycles. The zero-order valence-electron chi connectivity index (χ0n) is 13.4. The van der Waals surface area contributed by atoms with Gasteiger partial charge in [0.2, 0.25) is 0 Å². The fourth-order valence-electron chi connectivity index (χ4n) is 2.30. The lowest BCUT2D eigenvalue weighted by molar-refractivity contribution is 0.0942.